The van der Waals surface area contributed by atoms with Crippen LogP contribution in [0.15, 0.2) is 47.8 Å². The number of hydrogen-bond donors (Lipinski definition) is 1. The molecule has 0 atom stereocenters. The lowest BCUT2D eigenvalue weighted by atomic mass is 10.1. The van der Waals surface area contributed by atoms with E-state index in [0.717, 1.165) is 42.6 Å². The average molecular weight is 352 g/mol. The first kappa shape index (κ1) is 18.2. The van der Waals surface area contributed by atoms with Gasteiger partial charge in [0.1, 0.15) is 0 Å². The van der Waals surface area contributed by atoms with Crippen LogP contribution in [0.1, 0.15) is 56.4 Å². The van der Waals surface area contributed by atoms with Crippen LogP contribution in [-0.4, -0.2) is 19.3 Å². The normalized spacial score (nSPS) is 11.2. The highest BCUT2D eigenvalue weighted by atomic mass is 16.1. The highest BCUT2D eigenvalue weighted by Gasteiger charge is 2.15. The zero-order chi connectivity index (χ0) is 18.4. The number of aryl methyl sites for hydroxylation is 1. The fraction of sp³-hybridized carbons (Fsp3) is 0.429. The number of hydrogen-bond acceptors (Lipinski definition) is 2. The van der Waals surface area contributed by atoms with Gasteiger partial charge < -0.3 is 4.57 Å². The Morgan fingerprint density at radius 1 is 1.04 bits per heavy atom. The molecule has 0 aliphatic heterocycles. The van der Waals surface area contributed by atoms with Crippen molar-refractivity contribution in [2.75, 3.05) is 0 Å². The molecule has 0 aliphatic rings. The van der Waals surface area contributed by atoms with Crippen molar-refractivity contribution in [2.24, 2.45) is 0 Å². The van der Waals surface area contributed by atoms with Crippen molar-refractivity contribution in [3.05, 3.63) is 70.2 Å². The molecule has 5 nitrogen and oxygen atoms in total. The lowest BCUT2D eigenvalue weighted by Crippen LogP contribution is -2.17. The molecule has 2 aromatic heterocycles. The van der Waals surface area contributed by atoms with Crippen LogP contribution >= 0.6 is 0 Å². The highest BCUT2D eigenvalue weighted by Crippen LogP contribution is 2.14. The van der Waals surface area contributed by atoms with Crippen LogP contribution in [-0.2, 0) is 19.4 Å². The maximum Gasteiger partial charge on any atom is 0.274 e. The molecule has 0 bridgehead atoms. The molecule has 5 heteroatoms. The molecule has 0 fully saturated rings. The van der Waals surface area contributed by atoms with Gasteiger partial charge in [0.05, 0.1) is 24.3 Å². The van der Waals surface area contributed by atoms with E-state index in [0.29, 0.717) is 6.54 Å². The molecule has 3 rings (SSSR count). The minimum atomic E-state index is 0.0647. The molecule has 0 radical (unpaired) electrons. The monoisotopic (exact) mass is 352 g/mol. The second kappa shape index (κ2) is 8.70. The maximum absolute atomic E-state index is 13.0. The summed E-state index contributed by atoms with van der Waals surface area (Å²) in [5.41, 5.74) is 4.13. The summed E-state index contributed by atoms with van der Waals surface area (Å²) in [7, 11) is 0. The molecule has 0 unspecified atom stereocenters. The van der Waals surface area contributed by atoms with Crippen molar-refractivity contribution >= 4 is 0 Å². The standard InChI is InChI=1S/C21H28N4O/c1-3-5-7-17-9-11-18(12-10-17)25-21(26)19(8-6-4-2)20(23-25)15-24-14-13-22-16-24/h9-14,16,23H,3-8,15H2,1-2H3. The molecule has 26 heavy (non-hydrogen) atoms. The van der Waals surface area contributed by atoms with Crippen molar-refractivity contribution in [1.82, 2.24) is 19.3 Å². The first-order chi connectivity index (χ1) is 12.7. The third-order valence-corrected chi connectivity index (χ3v) is 4.77. The Morgan fingerprint density at radius 2 is 1.77 bits per heavy atom. The van der Waals surface area contributed by atoms with E-state index in [1.54, 1.807) is 17.2 Å². The summed E-state index contributed by atoms with van der Waals surface area (Å²) in [5.74, 6) is 0. The van der Waals surface area contributed by atoms with E-state index in [9.17, 15) is 4.79 Å². The van der Waals surface area contributed by atoms with Gasteiger partial charge in [-0.25, -0.2) is 9.67 Å². The average Bonchev–Trinajstić information content (AvgIpc) is 3.27. The van der Waals surface area contributed by atoms with E-state index < -0.39 is 0 Å². The molecule has 0 amide bonds. The van der Waals surface area contributed by atoms with E-state index in [1.165, 1.54) is 18.4 Å². The van der Waals surface area contributed by atoms with Crippen LogP contribution in [0.25, 0.3) is 5.69 Å². The van der Waals surface area contributed by atoms with Crippen LogP contribution in [0.3, 0.4) is 0 Å². The topological polar surface area (TPSA) is 55.6 Å². The summed E-state index contributed by atoms with van der Waals surface area (Å²) in [5, 5.41) is 3.33. The SMILES string of the molecule is CCCCc1ccc(-n2[nH]c(Cn3ccnc3)c(CCCC)c2=O)cc1. The number of nitrogens with one attached hydrogen (secondary N) is 1. The smallest absolute Gasteiger partial charge is 0.274 e. The molecular weight excluding hydrogens is 324 g/mol. The Labute approximate surface area is 154 Å². The van der Waals surface area contributed by atoms with Crippen molar-refractivity contribution in [3.8, 4) is 5.69 Å². The number of aromatic nitrogens is 4. The fourth-order valence-electron chi connectivity index (χ4n) is 3.20. The molecule has 0 spiro atoms. The molecular formula is C21H28N4O. The zero-order valence-electron chi connectivity index (χ0n) is 15.7. The summed E-state index contributed by atoms with van der Waals surface area (Å²) in [6, 6.07) is 8.32. The summed E-state index contributed by atoms with van der Waals surface area (Å²) >= 11 is 0. The van der Waals surface area contributed by atoms with E-state index in [4.69, 9.17) is 0 Å². The predicted octanol–water partition coefficient (Wildman–Crippen LogP) is 4.10. The second-order valence-electron chi connectivity index (χ2n) is 6.82. The minimum absolute atomic E-state index is 0.0647. The Balaban J connectivity index is 1.91. The number of benzene rings is 1. The molecule has 0 saturated heterocycles. The maximum atomic E-state index is 13.0. The Bertz CT molecular complexity index is 857. The minimum Gasteiger partial charge on any atom is -0.332 e. The summed E-state index contributed by atoms with van der Waals surface area (Å²) < 4.78 is 3.67. The third-order valence-electron chi connectivity index (χ3n) is 4.77. The third kappa shape index (κ3) is 4.15. The number of aromatic amines is 1. The van der Waals surface area contributed by atoms with Gasteiger partial charge in [-0.3, -0.25) is 9.89 Å². The fourth-order valence-corrected chi connectivity index (χ4v) is 3.20. The van der Waals surface area contributed by atoms with Crippen molar-refractivity contribution in [3.63, 3.8) is 0 Å². The molecule has 0 aliphatic carbocycles. The van der Waals surface area contributed by atoms with Crippen molar-refractivity contribution in [2.45, 2.75) is 58.9 Å². The zero-order valence-corrected chi connectivity index (χ0v) is 15.7. The van der Waals surface area contributed by atoms with Gasteiger partial charge >= 0.3 is 0 Å². The Hall–Kier alpha value is -2.56. The van der Waals surface area contributed by atoms with Gasteiger partial charge in [0.15, 0.2) is 0 Å². The molecule has 2 heterocycles. The van der Waals surface area contributed by atoms with Gasteiger partial charge in [-0.05, 0) is 43.4 Å². The van der Waals surface area contributed by atoms with E-state index in [1.807, 2.05) is 22.9 Å². The number of rotatable bonds is 9. The van der Waals surface area contributed by atoms with Gasteiger partial charge in [-0.2, -0.15) is 0 Å². The second-order valence-corrected chi connectivity index (χ2v) is 6.82. The predicted molar refractivity (Wildman–Crippen MR) is 105 cm³/mol. The highest BCUT2D eigenvalue weighted by molar-refractivity contribution is 5.36. The van der Waals surface area contributed by atoms with E-state index >= 15 is 0 Å². The van der Waals surface area contributed by atoms with Crippen LogP contribution in [0.2, 0.25) is 0 Å². The summed E-state index contributed by atoms with van der Waals surface area (Å²) in [6.45, 7) is 4.98. The molecule has 3 aromatic rings. The number of H-pyrrole nitrogens is 1. The quantitative estimate of drug-likeness (QED) is 0.630. The lowest BCUT2D eigenvalue weighted by molar-refractivity contribution is 0.728. The molecule has 1 N–H and O–H groups in total. The van der Waals surface area contributed by atoms with Crippen molar-refractivity contribution in [1.29, 1.82) is 0 Å². The van der Waals surface area contributed by atoms with Gasteiger partial charge in [0.25, 0.3) is 5.56 Å². The Kier molecular flexibility index (Phi) is 6.10. The van der Waals surface area contributed by atoms with Crippen LogP contribution < -0.4 is 5.56 Å². The number of nitrogens with zero attached hydrogens (tertiary/aromatic N) is 3. The first-order valence-electron chi connectivity index (χ1n) is 9.60. The van der Waals surface area contributed by atoms with Crippen LogP contribution in [0.4, 0.5) is 0 Å². The van der Waals surface area contributed by atoms with Crippen molar-refractivity contribution < 1.29 is 0 Å². The van der Waals surface area contributed by atoms with E-state index in [-0.39, 0.29) is 5.56 Å². The number of unbranched alkanes of at least 4 members (excludes halogenated alkanes) is 2. The Morgan fingerprint density at radius 3 is 2.42 bits per heavy atom. The molecule has 0 saturated carbocycles. The summed E-state index contributed by atoms with van der Waals surface area (Å²) in [4.78, 5) is 17.1. The van der Waals surface area contributed by atoms with Crippen LogP contribution in [0.5, 0.6) is 0 Å². The molecule has 1 aromatic carbocycles. The summed E-state index contributed by atoms with van der Waals surface area (Å²) in [6.07, 6.45) is 11.8. The van der Waals surface area contributed by atoms with E-state index in [2.05, 4.69) is 36.1 Å². The number of imidazole rings is 1. The van der Waals surface area contributed by atoms with Gasteiger partial charge in [-0.1, -0.05) is 38.8 Å². The van der Waals surface area contributed by atoms with Gasteiger partial charge in [-0.15, -0.1) is 0 Å². The largest absolute Gasteiger partial charge is 0.332 e. The molecule has 138 valence electrons. The first-order valence-corrected chi connectivity index (χ1v) is 9.60. The van der Waals surface area contributed by atoms with Gasteiger partial charge in [0, 0.05) is 18.0 Å². The lowest BCUT2D eigenvalue weighted by Gasteiger charge is -2.05. The van der Waals surface area contributed by atoms with Gasteiger partial charge in [0.2, 0.25) is 0 Å². The van der Waals surface area contributed by atoms with Crippen LogP contribution in [0, 0.1) is 0 Å².